The summed E-state index contributed by atoms with van der Waals surface area (Å²) in [5.74, 6) is -8.16. The monoisotopic (exact) mass is 517 g/mol. The molecular weight excluding hydrogens is 493 g/mol. The number of primary amides is 1. The van der Waals surface area contributed by atoms with Crippen LogP contribution in [0.15, 0.2) is 30.5 Å². The first-order valence-electron chi connectivity index (χ1n) is 10.8. The summed E-state index contributed by atoms with van der Waals surface area (Å²) < 4.78 is 82.1. The summed E-state index contributed by atoms with van der Waals surface area (Å²) in [5, 5.41) is 13.6. The lowest BCUT2D eigenvalue weighted by atomic mass is 9.77. The van der Waals surface area contributed by atoms with E-state index in [0.717, 1.165) is 29.7 Å². The highest BCUT2D eigenvalue weighted by atomic mass is 19.4. The molecule has 0 spiro atoms. The van der Waals surface area contributed by atoms with Gasteiger partial charge in [-0.25, -0.2) is 8.96 Å². The molecule has 3 N–H and O–H groups in total. The molecule has 0 bridgehead atoms. The van der Waals surface area contributed by atoms with Gasteiger partial charge in [0, 0.05) is 29.5 Å². The number of carbonyl (C=O) groups is 2. The van der Waals surface area contributed by atoms with Crippen LogP contribution in [0.1, 0.15) is 42.7 Å². The zero-order chi connectivity index (χ0) is 27.0. The minimum absolute atomic E-state index is 0.0515. The second-order valence-corrected chi connectivity index (χ2v) is 8.42. The maximum Gasteiger partial charge on any atom is 0.417 e. The molecule has 1 aromatic carbocycles. The van der Waals surface area contributed by atoms with Crippen molar-refractivity contribution in [2.75, 3.05) is 11.9 Å². The van der Waals surface area contributed by atoms with Crippen LogP contribution in [0.4, 0.5) is 27.6 Å². The van der Waals surface area contributed by atoms with Crippen LogP contribution >= 0.6 is 0 Å². The van der Waals surface area contributed by atoms with E-state index < -0.39 is 65.6 Å². The lowest BCUT2D eigenvalue weighted by Gasteiger charge is -2.32. The van der Waals surface area contributed by atoms with Gasteiger partial charge < -0.3 is 25.6 Å². The van der Waals surface area contributed by atoms with Gasteiger partial charge in [-0.1, -0.05) is 13.0 Å². The number of nitrogens with zero attached hydrogens (tertiary/aromatic N) is 1. The molecule has 1 fully saturated rings. The molecule has 1 aliphatic heterocycles. The van der Waals surface area contributed by atoms with Crippen molar-refractivity contribution in [3.63, 3.8) is 0 Å². The Morgan fingerprint density at radius 2 is 1.94 bits per heavy atom. The summed E-state index contributed by atoms with van der Waals surface area (Å²) in [4.78, 5) is 24.8. The second-order valence-electron chi connectivity index (χ2n) is 8.42. The molecule has 0 aliphatic carbocycles. The van der Waals surface area contributed by atoms with E-state index in [1.807, 2.05) is 0 Å². The zero-order valence-corrected chi connectivity index (χ0v) is 19.5. The number of rotatable bonds is 7. The topological polar surface area (TPSA) is 118 Å². The molecular formula is C23H24F5N3O5. The standard InChI is InChI=1S/C23H23F5N3O5/c1-4-35-18-13(5-6-14(24)17(18)25)16-11(2)22(3,23(26,27)28)36-19(16)21(34)30-12-7-8-31(10-32)15(9-12)20(29)33/h5-9,11,16,19H,4,10H2,1-3H3,(H2,29,33)/q-1/p+1/t11-,16-,19+,22+/m1/s1. The number of nitrogens with two attached hydrogens (primary N) is 1. The first kappa shape index (κ1) is 27.3. The highest BCUT2D eigenvalue weighted by Crippen LogP contribution is 2.55. The molecule has 36 heavy (non-hydrogen) atoms. The number of pyridine rings is 1. The van der Waals surface area contributed by atoms with Crippen molar-refractivity contribution in [3.8, 4) is 5.75 Å². The minimum Gasteiger partial charge on any atom is -0.801 e. The third-order valence-electron chi connectivity index (χ3n) is 6.35. The Kier molecular flexibility index (Phi) is 7.55. The van der Waals surface area contributed by atoms with Gasteiger partial charge in [-0.15, -0.1) is 0 Å². The Morgan fingerprint density at radius 1 is 1.28 bits per heavy atom. The average Bonchev–Trinajstić information content (AvgIpc) is 3.09. The summed E-state index contributed by atoms with van der Waals surface area (Å²) in [6.45, 7) is 2.46. The zero-order valence-electron chi connectivity index (χ0n) is 19.5. The van der Waals surface area contributed by atoms with Crippen LogP contribution in [0.25, 0.3) is 0 Å². The third kappa shape index (κ3) is 4.72. The van der Waals surface area contributed by atoms with Crippen LogP contribution in [0.2, 0.25) is 0 Å². The fourth-order valence-electron chi connectivity index (χ4n) is 4.27. The predicted molar refractivity (Wildman–Crippen MR) is 113 cm³/mol. The number of benzene rings is 1. The van der Waals surface area contributed by atoms with Gasteiger partial charge >= 0.3 is 12.1 Å². The number of aromatic nitrogens is 1. The molecule has 2 amide bonds. The predicted octanol–water partition coefficient (Wildman–Crippen LogP) is 2.15. The molecule has 2 heterocycles. The van der Waals surface area contributed by atoms with Crippen LogP contribution in [0.3, 0.4) is 0 Å². The summed E-state index contributed by atoms with van der Waals surface area (Å²) in [6.07, 6.45) is -5.57. The number of carbonyl (C=O) groups excluding carboxylic acids is 2. The van der Waals surface area contributed by atoms with E-state index in [2.05, 4.69) is 5.32 Å². The number of amides is 2. The first-order valence-corrected chi connectivity index (χ1v) is 10.8. The molecule has 4 atom stereocenters. The molecule has 196 valence electrons. The summed E-state index contributed by atoms with van der Waals surface area (Å²) in [7, 11) is 0. The maximum absolute atomic E-state index is 14.6. The van der Waals surface area contributed by atoms with Crippen LogP contribution in [-0.4, -0.2) is 36.3 Å². The highest BCUT2D eigenvalue weighted by molar-refractivity contribution is 5.97. The van der Waals surface area contributed by atoms with E-state index in [0.29, 0.717) is 0 Å². The third-order valence-corrected chi connectivity index (χ3v) is 6.35. The number of ether oxygens (including phenoxy) is 2. The van der Waals surface area contributed by atoms with Gasteiger partial charge in [0.05, 0.1) is 19.0 Å². The average molecular weight is 517 g/mol. The SMILES string of the molecule is CCOc1c([C@@H]2[C@@H](C(=O)Nc3cc[n+](C[O-])c(C(N)=O)c3)O[C@](C)(C(F)(F)F)[C@@H]2C)ccc(F)c1F. The minimum atomic E-state index is -4.92. The van der Waals surface area contributed by atoms with Gasteiger partial charge in [0.1, 0.15) is 6.10 Å². The van der Waals surface area contributed by atoms with Crippen molar-refractivity contribution < 1.29 is 50.7 Å². The smallest absolute Gasteiger partial charge is 0.417 e. The molecule has 13 heteroatoms. The number of halogens is 5. The van der Waals surface area contributed by atoms with Crippen molar-refractivity contribution in [2.45, 2.75) is 51.3 Å². The fourth-order valence-corrected chi connectivity index (χ4v) is 4.27. The summed E-state index contributed by atoms with van der Waals surface area (Å²) >= 11 is 0. The van der Waals surface area contributed by atoms with Gasteiger partial charge in [0.15, 0.2) is 23.4 Å². The highest BCUT2D eigenvalue weighted by Gasteiger charge is 2.66. The molecule has 0 saturated carbocycles. The molecule has 3 rings (SSSR count). The Labute approximate surface area is 202 Å². The number of hydrogen-bond acceptors (Lipinski definition) is 5. The normalized spacial score (nSPS) is 24.0. The Morgan fingerprint density at radius 3 is 2.50 bits per heavy atom. The van der Waals surface area contributed by atoms with Crippen molar-refractivity contribution in [2.24, 2.45) is 11.7 Å². The van der Waals surface area contributed by atoms with E-state index in [4.69, 9.17) is 15.2 Å². The van der Waals surface area contributed by atoms with E-state index >= 15 is 0 Å². The van der Waals surface area contributed by atoms with Gasteiger partial charge in [0.2, 0.25) is 5.82 Å². The van der Waals surface area contributed by atoms with Gasteiger partial charge in [-0.3, -0.25) is 9.59 Å². The van der Waals surface area contributed by atoms with Crippen molar-refractivity contribution in [1.82, 2.24) is 0 Å². The maximum atomic E-state index is 14.6. The van der Waals surface area contributed by atoms with E-state index in [-0.39, 0.29) is 23.6 Å². The Bertz CT molecular complexity index is 1180. The molecule has 2 aromatic rings. The number of hydrogen-bond donors (Lipinski definition) is 2. The van der Waals surface area contributed by atoms with Crippen LogP contribution in [0.5, 0.6) is 5.75 Å². The van der Waals surface area contributed by atoms with Crippen molar-refractivity contribution in [3.05, 3.63) is 53.4 Å². The molecule has 0 radical (unpaired) electrons. The lowest BCUT2D eigenvalue weighted by Crippen LogP contribution is -2.47. The number of alkyl halides is 3. The Hall–Kier alpha value is -3.32. The van der Waals surface area contributed by atoms with Crippen LogP contribution in [0, 0.1) is 17.6 Å². The first-order chi connectivity index (χ1) is 16.8. The van der Waals surface area contributed by atoms with Gasteiger partial charge in [0.25, 0.3) is 11.6 Å². The summed E-state index contributed by atoms with van der Waals surface area (Å²) in [5.41, 5.74) is 1.94. The van der Waals surface area contributed by atoms with Crippen molar-refractivity contribution >= 4 is 17.5 Å². The largest absolute Gasteiger partial charge is 0.801 e. The second kappa shape index (κ2) is 9.97. The summed E-state index contributed by atoms with van der Waals surface area (Å²) in [6, 6.07) is 4.11. The lowest BCUT2D eigenvalue weighted by molar-refractivity contribution is -0.816. The molecule has 1 aromatic heterocycles. The van der Waals surface area contributed by atoms with Crippen LogP contribution in [-0.2, 0) is 16.3 Å². The molecule has 1 aliphatic rings. The molecule has 8 nitrogen and oxygen atoms in total. The fraction of sp³-hybridized carbons (Fsp3) is 0.435. The van der Waals surface area contributed by atoms with E-state index in [1.54, 1.807) is 0 Å². The van der Waals surface area contributed by atoms with Crippen LogP contribution < -0.4 is 25.5 Å². The van der Waals surface area contributed by atoms with Gasteiger partial charge in [-0.2, -0.15) is 17.6 Å². The molecule has 0 unspecified atom stereocenters. The van der Waals surface area contributed by atoms with Crippen molar-refractivity contribution in [1.29, 1.82) is 0 Å². The Balaban J connectivity index is 2.09. The van der Waals surface area contributed by atoms with Gasteiger partial charge in [-0.05, 0) is 19.9 Å². The quantitative estimate of drug-likeness (QED) is 0.431. The number of nitrogens with one attached hydrogen (secondary N) is 1. The molecule has 1 saturated heterocycles. The van der Waals surface area contributed by atoms with E-state index in [1.165, 1.54) is 26.1 Å². The number of anilines is 1. The van der Waals surface area contributed by atoms with E-state index in [9.17, 15) is 36.6 Å².